The molecular formula is C21H20FN5O3S. The number of hydrogen-bond acceptors (Lipinski definition) is 6. The SMILES string of the molecule is COc1ccc(N)c(C2c3sc(C(N)=O)nc3CCN2C(=O)Nc2ccc(F)cc2)c1. The second-order valence-corrected chi connectivity index (χ2v) is 8.00. The molecule has 4 rings (SSSR count). The van der Waals surface area contributed by atoms with E-state index in [2.05, 4.69) is 10.3 Å². The second-order valence-electron chi connectivity index (χ2n) is 6.97. The average molecular weight is 441 g/mol. The number of amides is 3. The van der Waals surface area contributed by atoms with Gasteiger partial charge in [-0.25, -0.2) is 14.2 Å². The van der Waals surface area contributed by atoms with Crippen molar-refractivity contribution in [3.63, 3.8) is 0 Å². The van der Waals surface area contributed by atoms with Gasteiger partial charge in [0.05, 0.1) is 23.7 Å². The molecule has 0 fully saturated rings. The number of ether oxygens (including phenoxy) is 1. The van der Waals surface area contributed by atoms with E-state index in [-0.39, 0.29) is 5.01 Å². The number of hydrogen-bond donors (Lipinski definition) is 3. The van der Waals surface area contributed by atoms with Crippen LogP contribution in [0.3, 0.4) is 0 Å². The van der Waals surface area contributed by atoms with E-state index >= 15 is 0 Å². The van der Waals surface area contributed by atoms with Crippen LogP contribution in [0, 0.1) is 5.82 Å². The standard InChI is InChI=1S/C21H20FN5O3S/c1-30-13-6-7-15(23)14(10-13)17-18-16(26-20(31-18)19(24)28)8-9-27(17)21(29)25-12-4-2-11(22)3-5-12/h2-7,10,17H,8-9,23H2,1H3,(H2,24,28)(H,25,29). The highest BCUT2D eigenvalue weighted by Crippen LogP contribution is 2.42. The van der Waals surface area contributed by atoms with Crippen molar-refractivity contribution in [3.05, 3.63) is 69.4 Å². The second kappa shape index (κ2) is 8.23. The summed E-state index contributed by atoms with van der Waals surface area (Å²) < 4.78 is 18.6. The zero-order valence-corrected chi connectivity index (χ0v) is 17.4. The summed E-state index contributed by atoms with van der Waals surface area (Å²) in [5.41, 5.74) is 14.0. The van der Waals surface area contributed by atoms with E-state index < -0.39 is 23.8 Å². The first-order valence-electron chi connectivity index (χ1n) is 9.43. The number of nitrogen functional groups attached to an aromatic ring is 1. The fourth-order valence-electron chi connectivity index (χ4n) is 3.53. The smallest absolute Gasteiger partial charge is 0.322 e. The largest absolute Gasteiger partial charge is 0.497 e. The van der Waals surface area contributed by atoms with E-state index in [9.17, 15) is 14.0 Å². The van der Waals surface area contributed by atoms with Gasteiger partial charge in [0.1, 0.15) is 11.6 Å². The average Bonchev–Trinajstić information content (AvgIpc) is 3.20. The minimum absolute atomic E-state index is 0.178. The van der Waals surface area contributed by atoms with E-state index in [0.717, 1.165) is 11.3 Å². The molecule has 2 heterocycles. The van der Waals surface area contributed by atoms with Gasteiger partial charge in [0.2, 0.25) is 0 Å². The lowest BCUT2D eigenvalue weighted by Crippen LogP contribution is -2.42. The highest BCUT2D eigenvalue weighted by atomic mass is 32.1. The molecule has 3 amide bonds. The first-order valence-corrected chi connectivity index (χ1v) is 10.2. The Labute approximate surface area is 181 Å². The van der Waals surface area contributed by atoms with Gasteiger partial charge < -0.3 is 26.4 Å². The maximum atomic E-state index is 13.2. The summed E-state index contributed by atoms with van der Waals surface area (Å²) in [5, 5.41) is 2.97. The van der Waals surface area contributed by atoms with Crippen molar-refractivity contribution in [2.75, 3.05) is 24.7 Å². The fraction of sp³-hybridized carbons (Fsp3) is 0.190. The lowest BCUT2D eigenvalue weighted by Gasteiger charge is -2.36. The molecule has 1 unspecified atom stereocenters. The van der Waals surface area contributed by atoms with Crippen LogP contribution < -0.4 is 21.5 Å². The molecule has 0 bridgehead atoms. The molecule has 1 aliphatic rings. The molecule has 31 heavy (non-hydrogen) atoms. The van der Waals surface area contributed by atoms with E-state index in [1.807, 2.05) is 0 Å². The Morgan fingerprint density at radius 1 is 1.26 bits per heavy atom. The number of methoxy groups -OCH3 is 1. The predicted octanol–water partition coefficient (Wildman–Crippen LogP) is 3.15. The van der Waals surface area contributed by atoms with Crippen LogP contribution in [0.5, 0.6) is 5.75 Å². The summed E-state index contributed by atoms with van der Waals surface area (Å²) in [7, 11) is 1.54. The minimum Gasteiger partial charge on any atom is -0.497 e. The Kier molecular flexibility index (Phi) is 5.47. The summed E-state index contributed by atoms with van der Waals surface area (Å²) in [6.45, 7) is 0.337. The van der Waals surface area contributed by atoms with Gasteiger partial charge in [-0.15, -0.1) is 11.3 Å². The molecule has 1 aliphatic heterocycles. The number of urea groups is 1. The first-order chi connectivity index (χ1) is 14.9. The maximum absolute atomic E-state index is 13.2. The van der Waals surface area contributed by atoms with E-state index in [0.29, 0.717) is 46.2 Å². The topological polar surface area (TPSA) is 124 Å². The number of carbonyl (C=O) groups is 2. The van der Waals surface area contributed by atoms with E-state index in [1.54, 1.807) is 30.2 Å². The fourth-order valence-corrected chi connectivity index (χ4v) is 4.63. The Morgan fingerprint density at radius 2 is 2.00 bits per heavy atom. The van der Waals surface area contributed by atoms with Crippen LogP contribution in [0.15, 0.2) is 42.5 Å². The predicted molar refractivity (Wildman–Crippen MR) is 116 cm³/mol. The van der Waals surface area contributed by atoms with Crippen LogP contribution in [0.25, 0.3) is 0 Å². The molecular weight excluding hydrogens is 421 g/mol. The summed E-state index contributed by atoms with van der Waals surface area (Å²) in [5.74, 6) is -0.444. The van der Waals surface area contributed by atoms with Gasteiger partial charge in [-0.2, -0.15) is 0 Å². The molecule has 5 N–H and O–H groups in total. The molecule has 0 radical (unpaired) electrons. The zero-order valence-electron chi connectivity index (χ0n) is 16.6. The number of aromatic nitrogens is 1. The highest BCUT2D eigenvalue weighted by molar-refractivity contribution is 7.13. The molecule has 3 aromatic rings. The minimum atomic E-state index is -0.626. The van der Waals surface area contributed by atoms with Crippen molar-refractivity contribution < 1.29 is 18.7 Å². The number of fused-ring (bicyclic) bond motifs is 1. The Balaban J connectivity index is 1.77. The van der Waals surface area contributed by atoms with Crippen molar-refractivity contribution in [1.29, 1.82) is 0 Å². The van der Waals surface area contributed by atoms with Gasteiger partial charge in [0, 0.05) is 29.9 Å². The van der Waals surface area contributed by atoms with Crippen molar-refractivity contribution in [3.8, 4) is 5.75 Å². The van der Waals surface area contributed by atoms with E-state index in [4.69, 9.17) is 16.2 Å². The van der Waals surface area contributed by atoms with Crippen LogP contribution in [-0.4, -0.2) is 35.5 Å². The molecule has 0 saturated heterocycles. The van der Waals surface area contributed by atoms with Crippen LogP contribution in [0.4, 0.5) is 20.6 Å². The number of benzene rings is 2. The summed E-state index contributed by atoms with van der Waals surface area (Å²) in [4.78, 5) is 31.6. The Hall–Kier alpha value is -3.66. The van der Waals surface area contributed by atoms with Crippen LogP contribution >= 0.6 is 11.3 Å². The van der Waals surface area contributed by atoms with Gasteiger partial charge in [0.15, 0.2) is 5.01 Å². The third-order valence-corrected chi connectivity index (χ3v) is 6.20. The Morgan fingerprint density at radius 3 is 2.68 bits per heavy atom. The van der Waals surface area contributed by atoms with Gasteiger partial charge in [-0.1, -0.05) is 0 Å². The number of carbonyl (C=O) groups excluding carboxylic acids is 2. The highest BCUT2D eigenvalue weighted by Gasteiger charge is 2.36. The normalized spacial score (nSPS) is 15.3. The first kappa shape index (κ1) is 20.6. The summed E-state index contributed by atoms with van der Waals surface area (Å²) in [6.07, 6.45) is 0.455. The van der Waals surface area contributed by atoms with Crippen LogP contribution in [0.2, 0.25) is 0 Å². The lowest BCUT2D eigenvalue weighted by atomic mass is 9.96. The number of nitrogens with two attached hydrogens (primary N) is 2. The van der Waals surface area contributed by atoms with Crippen molar-refractivity contribution in [2.24, 2.45) is 5.73 Å². The molecule has 0 aliphatic carbocycles. The molecule has 1 atom stereocenters. The number of halogens is 1. The van der Waals surface area contributed by atoms with Gasteiger partial charge in [-0.3, -0.25) is 4.79 Å². The van der Waals surface area contributed by atoms with Crippen molar-refractivity contribution in [2.45, 2.75) is 12.5 Å². The van der Waals surface area contributed by atoms with Gasteiger partial charge >= 0.3 is 6.03 Å². The number of nitrogens with one attached hydrogen (secondary N) is 1. The number of rotatable bonds is 4. The number of primary amides is 1. The third-order valence-electron chi connectivity index (χ3n) is 5.03. The van der Waals surface area contributed by atoms with Crippen molar-refractivity contribution in [1.82, 2.24) is 9.88 Å². The van der Waals surface area contributed by atoms with Gasteiger partial charge in [-0.05, 0) is 42.5 Å². The molecule has 0 spiro atoms. The summed E-state index contributed by atoms with van der Waals surface area (Å²) in [6, 6.07) is 9.71. The van der Waals surface area contributed by atoms with Crippen LogP contribution in [0.1, 0.15) is 32.0 Å². The quantitative estimate of drug-likeness (QED) is 0.537. The zero-order chi connectivity index (χ0) is 22.1. The van der Waals surface area contributed by atoms with E-state index in [1.165, 1.54) is 24.3 Å². The van der Waals surface area contributed by atoms with Crippen LogP contribution in [-0.2, 0) is 6.42 Å². The molecule has 10 heteroatoms. The maximum Gasteiger partial charge on any atom is 0.322 e. The molecule has 160 valence electrons. The number of nitrogens with zero attached hydrogens (tertiary/aromatic N) is 2. The molecule has 8 nitrogen and oxygen atoms in total. The molecule has 2 aromatic carbocycles. The Bertz CT molecular complexity index is 1150. The number of anilines is 2. The third kappa shape index (κ3) is 4.02. The number of thiazole rings is 1. The molecule has 0 saturated carbocycles. The summed E-state index contributed by atoms with van der Waals surface area (Å²) >= 11 is 1.14. The van der Waals surface area contributed by atoms with Gasteiger partial charge in [0.25, 0.3) is 5.91 Å². The van der Waals surface area contributed by atoms with Crippen molar-refractivity contribution >= 4 is 34.6 Å². The molecule has 1 aromatic heterocycles. The lowest BCUT2D eigenvalue weighted by molar-refractivity contribution is 0.0999. The monoisotopic (exact) mass is 441 g/mol.